The SMILES string of the molecule is Cc1ncc2n1CC[C@@H](NC(=O)c1ncn(Cc3cc(F)ccc3F)n1)C(=O)N2C. The lowest BCUT2D eigenvalue weighted by Crippen LogP contribution is -2.47. The average Bonchev–Trinajstić information content (AvgIpc) is 3.31. The van der Waals surface area contributed by atoms with Gasteiger partial charge in [-0.3, -0.25) is 14.5 Å². The van der Waals surface area contributed by atoms with Crippen molar-refractivity contribution in [2.75, 3.05) is 11.9 Å². The number of anilines is 1. The molecule has 156 valence electrons. The largest absolute Gasteiger partial charge is 0.337 e. The van der Waals surface area contributed by atoms with E-state index in [9.17, 15) is 18.4 Å². The van der Waals surface area contributed by atoms with E-state index in [4.69, 9.17) is 0 Å². The van der Waals surface area contributed by atoms with Gasteiger partial charge in [-0.15, -0.1) is 5.10 Å². The highest BCUT2D eigenvalue weighted by atomic mass is 19.1. The average molecular weight is 415 g/mol. The molecule has 9 nitrogen and oxygen atoms in total. The van der Waals surface area contributed by atoms with Crippen LogP contribution in [0.5, 0.6) is 0 Å². The molecule has 1 aromatic carbocycles. The normalized spacial score (nSPS) is 16.3. The molecule has 11 heteroatoms. The van der Waals surface area contributed by atoms with Crippen molar-refractivity contribution in [2.24, 2.45) is 0 Å². The molecule has 30 heavy (non-hydrogen) atoms. The Labute approximate surface area is 170 Å². The van der Waals surface area contributed by atoms with Crippen LogP contribution in [0.1, 0.15) is 28.4 Å². The van der Waals surface area contributed by atoms with Crippen molar-refractivity contribution in [1.29, 1.82) is 0 Å². The first-order valence-corrected chi connectivity index (χ1v) is 9.27. The molecule has 0 aliphatic carbocycles. The maximum Gasteiger partial charge on any atom is 0.291 e. The number of fused-ring (bicyclic) bond motifs is 1. The second-order valence-corrected chi connectivity index (χ2v) is 7.03. The molecule has 0 bridgehead atoms. The summed E-state index contributed by atoms with van der Waals surface area (Å²) in [5.41, 5.74) is 0.0818. The predicted octanol–water partition coefficient (Wildman–Crippen LogP) is 1.27. The first kappa shape index (κ1) is 19.7. The zero-order chi connectivity index (χ0) is 21.4. The fourth-order valence-electron chi connectivity index (χ4n) is 3.40. The molecule has 1 aliphatic rings. The Morgan fingerprint density at radius 2 is 2.10 bits per heavy atom. The zero-order valence-electron chi connectivity index (χ0n) is 16.3. The van der Waals surface area contributed by atoms with Crippen LogP contribution < -0.4 is 10.2 Å². The number of benzene rings is 1. The fraction of sp³-hybridized carbons (Fsp3) is 0.316. The molecular weight excluding hydrogens is 396 g/mol. The van der Waals surface area contributed by atoms with E-state index in [1.807, 2.05) is 11.5 Å². The molecule has 0 fully saturated rings. The number of aromatic nitrogens is 5. The maximum atomic E-state index is 13.8. The highest BCUT2D eigenvalue weighted by Crippen LogP contribution is 2.21. The third kappa shape index (κ3) is 3.65. The molecule has 4 rings (SSSR count). The summed E-state index contributed by atoms with van der Waals surface area (Å²) in [6.07, 6.45) is 3.25. The minimum atomic E-state index is -0.755. The molecule has 2 aromatic heterocycles. The molecule has 2 amide bonds. The van der Waals surface area contributed by atoms with E-state index in [-0.39, 0.29) is 23.8 Å². The topological polar surface area (TPSA) is 97.9 Å². The highest BCUT2D eigenvalue weighted by molar-refractivity contribution is 6.00. The molecule has 0 saturated heterocycles. The van der Waals surface area contributed by atoms with E-state index in [0.29, 0.717) is 18.8 Å². The molecule has 0 radical (unpaired) electrons. The van der Waals surface area contributed by atoms with Gasteiger partial charge in [0.1, 0.15) is 35.6 Å². The standard InChI is InChI=1S/C19H19F2N7O2/c1-11-22-8-16-26(2)19(30)15(5-6-28(11)16)24-18(29)17-23-10-27(25-17)9-12-7-13(20)3-4-14(12)21/h3-4,7-8,10,15H,5-6,9H2,1-2H3,(H,24,29)/t15-/m1/s1. The molecule has 1 aliphatic heterocycles. The smallest absolute Gasteiger partial charge is 0.291 e. The molecule has 1 N–H and O–H groups in total. The van der Waals surface area contributed by atoms with Gasteiger partial charge in [0.05, 0.1) is 12.7 Å². The van der Waals surface area contributed by atoms with Gasteiger partial charge in [-0.1, -0.05) is 0 Å². The van der Waals surface area contributed by atoms with Crippen LogP contribution in [0.2, 0.25) is 0 Å². The van der Waals surface area contributed by atoms with Crippen molar-refractivity contribution in [1.82, 2.24) is 29.6 Å². The zero-order valence-corrected chi connectivity index (χ0v) is 16.3. The molecule has 1 atom stereocenters. The van der Waals surface area contributed by atoms with Crippen molar-refractivity contribution in [2.45, 2.75) is 32.5 Å². The monoisotopic (exact) mass is 415 g/mol. The summed E-state index contributed by atoms with van der Waals surface area (Å²) in [7, 11) is 1.63. The number of carbonyl (C=O) groups excluding carboxylic acids is 2. The number of nitrogens with zero attached hydrogens (tertiary/aromatic N) is 6. The van der Waals surface area contributed by atoms with Crippen molar-refractivity contribution in [3.05, 3.63) is 59.6 Å². The van der Waals surface area contributed by atoms with Crippen LogP contribution in [0, 0.1) is 18.6 Å². The van der Waals surface area contributed by atoms with E-state index in [0.717, 1.165) is 24.0 Å². The number of nitrogens with one attached hydrogen (secondary N) is 1. The van der Waals surface area contributed by atoms with Gasteiger partial charge in [-0.25, -0.2) is 23.4 Å². The number of hydrogen-bond acceptors (Lipinski definition) is 5. The summed E-state index contributed by atoms with van der Waals surface area (Å²) in [5.74, 6) is -0.778. The molecule has 3 heterocycles. The quantitative estimate of drug-likeness (QED) is 0.692. The summed E-state index contributed by atoms with van der Waals surface area (Å²) < 4.78 is 30.3. The number of halogens is 2. The summed E-state index contributed by atoms with van der Waals surface area (Å²) in [5, 5.41) is 6.68. The van der Waals surface area contributed by atoms with Crippen LogP contribution in [0.4, 0.5) is 14.6 Å². The second kappa shape index (κ2) is 7.65. The van der Waals surface area contributed by atoms with Gasteiger partial charge in [0.15, 0.2) is 0 Å². The summed E-state index contributed by atoms with van der Waals surface area (Å²) in [6.45, 7) is 2.28. The van der Waals surface area contributed by atoms with Gasteiger partial charge < -0.3 is 9.88 Å². The first-order valence-electron chi connectivity index (χ1n) is 9.27. The van der Waals surface area contributed by atoms with Gasteiger partial charge in [-0.2, -0.15) is 0 Å². The van der Waals surface area contributed by atoms with E-state index in [2.05, 4.69) is 20.4 Å². The summed E-state index contributed by atoms with van der Waals surface area (Å²) in [4.78, 5) is 34.9. The second-order valence-electron chi connectivity index (χ2n) is 7.03. The van der Waals surface area contributed by atoms with Crippen LogP contribution in [0.15, 0.2) is 30.7 Å². The third-order valence-corrected chi connectivity index (χ3v) is 5.03. The van der Waals surface area contributed by atoms with Gasteiger partial charge >= 0.3 is 0 Å². The van der Waals surface area contributed by atoms with Crippen LogP contribution in [-0.2, 0) is 17.9 Å². The van der Waals surface area contributed by atoms with Crippen LogP contribution in [0.3, 0.4) is 0 Å². The van der Waals surface area contributed by atoms with Gasteiger partial charge in [0, 0.05) is 19.2 Å². The Kier molecular flexibility index (Phi) is 5.02. The van der Waals surface area contributed by atoms with Crippen molar-refractivity contribution in [3.63, 3.8) is 0 Å². The van der Waals surface area contributed by atoms with Gasteiger partial charge in [0.25, 0.3) is 11.8 Å². The van der Waals surface area contributed by atoms with Crippen LogP contribution >= 0.6 is 0 Å². The predicted molar refractivity (Wildman–Crippen MR) is 102 cm³/mol. The van der Waals surface area contributed by atoms with E-state index in [1.165, 1.54) is 15.9 Å². The Morgan fingerprint density at radius 1 is 1.30 bits per heavy atom. The van der Waals surface area contributed by atoms with E-state index < -0.39 is 23.6 Å². The summed E-state index contributed by atoms with van der Waals surface area (Å²) >= 11 is 0. The fourth-order valence-corrected chi connectivity index (χ4v) is 3.40. The Morgan fingerprint density at radius 3 is 2.90 bits per heavy atom. The van der Waals surface area contributed by atoms with Crippen molar-refractivity contribution < 1.29 is 18.4 Å². The van der Waals surface area contributed by atoms with E-state index >= 15 is 0 Å². The minimum absolute atomic E-state index is 0.0818. The number of hydrogen-bond donors (Lipinski definition) is 1. The Balaban J connectivity index is 1.46. The van der Waals surface area contributed by atoms with Gasteiger partial charge in [-0.05, 0) is 31.5 Å². The molecule has 3 aromatic rings. The number of rotatable bonds is 4. The molecule has 0 saturated carbocycles. The Hall–Kier alpha value is -3.63. The first-order chi connectivity index (χ1) is 14.3. The lowest BCUT2D eigenvalue weighted by Gasteiger charge is -2.19. The number of likely N-dealkylation sites (N-methyl/N-ethyl adjacent to an activating group) is 1. The molecular formula is C19H19F2N7O2. The molecule has 0 spiro atoms. The third-order valence-electron chi connectivity index (χ3n) is 5.03. The minimum Gasteiger partial charge on any atom is -0.337 e. The van der Waals surface area contributed by atoms with Crippen molar-refractivity contribution >= 4 is 17.6 Å². The maximum absolute atomic E-state index is 13.8. The Bertz CT molecular complexity index is 1120. The van der Waals surface area contributed by atoms with Crippen LogP contribution in [-0.4, -0.2) is 49.2 Å². The van der Waals surface area contributed by atoms with E-state index in [1.54, 1.807) is 13.2 Å². The number of imidazole rings is 1. The highest BCUT2D eigenvalue weighted by Gasteiger charge is 2.31. The van der Waals surface area contributed by atoms with Gasteiger partial charge in [0.2, 0.25) is 5.82 Å². The lowest BCUT2D eigenvalue weighted by molar-refractivity contribution is -0.120. The lowest BCUT2D eigenvalue weighted by atomic mass is 10.2. The number of carbonyl (C=O) groups is 2. The van der Waals surface area contributed by atoms with Crippen LogP contribution in [0.25, 0.3) is 0 Å². The van der Waals surface area contributed by atoms with Crippen molar-refractivity contribution in [3.8, 4) is 0 Å². The summed E-state index contributed by atoms with van der Waals surface area (Å²) in [6, 6.07) is 2.35. The number of amides is 2. The number of aryl methyl sites for hydroxylation is 1. The molecule has 0 unspecified atom stereocenters.